The third-order valence-electron chi connectivity index (χ3n) is 7.45. The third-order valence-corrected chi connectivity index (χ3v) is 7.45. The van der Waals surface area contributed by atoms with Crippen molar-refractivity contribution in [1.29, 1.82) is 0 Å². The molecule has 0 amide bonds. The zero-order valence-electron chi connectivity index (χ0n) is 20.4. The number of hydrogen-bond acceptors (Lipinski definition) is 6. The quantitative estimate of drug-likeness (QED) is 0.478. The molecule has 0 heterocycles. The topological polar surface area (TPSA) is 89.9 Å². The Labute approximate surface area is 191 Å². The first kappa shape index (κ1) is 26.0. The van der Waals surface area contributed by atoms with E-state index in [0.29, 0.717) is 36.8 Å². The predicted molar refractivity (Wildman–Crippen MR) is 123 cm³/mol. The molecule has 0 unspecified atom stereocenters. The molecule has 0 saturated heterocycles. The number of carbonyl (C=O) groups is 3. The van der Waals surface area contributed by atoms with Crippen LogP contribution in [0.15, 0.2) is 34.9 Å². The number of aliphatic hydroxyl groups is 1. The van der Waals surface area contributed by atoms with Crippen LogP contribution in [0.25, 0.3) is 0 Å². The van der Waals surface area contributed by atoms with E-state index in [9.17, 15) is 19.5 Å². The van der Waals surface area contributed by atoms with Gasteiger partial charge in [0.1, 0.15) is 18.3 Å². The highest BCUT2D eigenvalue weighted by Crippen LogP contribution is 2.54. The van der Waals surface area contributed by atoms with Crippen molar-refractivity contribution in [3.05, 3.63) is 34.9 Å². The van der Waals surface area contributed by atoms with Gasteiger partial charge in [-0.3, -0.25) is 4.79 Å². The van der Waals surface area contributed by atoms with Crippen LogP contribution in [0.5, 0.6) is 0 Å². The SMILES string of the molecule is C/C=C(/C)C(=O)O[C@@H](/C=C\C(=O)O[C@@H]1CC[C@@H]2[C@@H](O)C(=O)C(=C(C)C)C[C@]2(C)[C@H]1C)CC. The highest BCUT2D eigenvalue weighted by atomic mass is 16.5. The molecular weight excluding hydrogens is 408 g/mol. The molecule has 2 fully saturated rings. The van der Waals surface area contributed by atoms with Crippen LogP contribution in [0, 0.1) is 17.3 Å². The van der Waals surface area contributed by atoms with Crippen molar-refractivity contribution in [2.75, 3.05) is 0 Å². The van der Waals surface area contributed by atoms with Gasteiger partial charge in [0.2, 0.25) is 0 Å². The molecule has 178 valence electrons. The number of rotatable bonds is 6. The van der Waals surface area contributed by atoms with Crippen LogP contribution in [0.1, 0.15) is 74.1 Å². The Kier molecular flexibility index (Phi) is 8.63. The van der Waals surface area contributed by atoms with E-state index in [1.54, 1.807) is 26.0 Å². The summed E-state index contributed by atoms with van der Waals surface area (Å²) in [5, 5.41) is 10.7. The minimum atomic E-state index is -1.00. The number of ether oxygens (including phenoxy) is 2. The Bertz CT molecular complexity index is 831. The monoisotopic (exact) mass is 446 g/mol. The lowest BCUT2D eigenvalue weighted by molar-refractivity contribution is -0.164. The standard InChI is InChI=1S/C26H38O6/c1-8-16(5)25(30)31-18(9-2)10-13-22(27)32-21-12-11-20-24(29)23(28)19(15(3)4)14-26(20,7)17(21)6/h8,10,13,17-18,20-21,24,29H,9,11-12,14H2,1-7H3/b13-10-,16-8-/t17-,18+,20+,21+,24+,26+/m0/s1. The molecule has 2 saturated carbocycles. The first-order valence-corrected chi connectivity index (χ1v) is 11.6. The maximum absolute atomic E-state index is 12.6. The molecule has 6 nitrogen and oxygen atoms in total. The van der Waals surface area contributed by atoms with Gasteiger partial charge in [-0.05, 0) is 82.3 Å². The van der Waals surface area contributed by atoms with Gasteiger partial charge in [0.05, 0.1) is 0 Å². The van der Waals surface area contributed by atoms with E-state index in [1.165, 1.54) is 6.08 Å². The highest BCUT2D eigenvalue weighted by molar-refractivity contribution is 6.00. The largest absolute Gasteiger partial charge is 0.459 e. The minimum Gasteiger partial charge on any atom is -0.459 e. The minimum absolute atomic E-state index is 0.0205. The summed E-state index contributed by atoms with van der Waals surface area (Å²) in [6.07, 6.45) is 5.11. The summed E-state index contributed by atoms with van der Waals surface area (Å²) in [6, 6.07) is 0. The van der Waals surface area contributed by atoms with Crippen LogP contribution in [-0.4, -0.2) is 41.1 Å². The van der Waals surface area contributed by atoms with Gasteiger partial charge in [-0.2, -0.15) is 0 Å². The van der Waals surface area contributed by atoms with Crippen LogP contribution in [0.4, 0.5) is 0 Å². The summed E-state index contributed by atoms with van der Waals surface area (Å²) < 4.78 is 11.2. The Morgan fingerprint density at radius 1 is 1.25 bits per heavy atom. The number of Topliss-reactive ketones (excluding diaryl/α,β-unsaturated/α-hetero) is 1. The van der Waals surface area contributed by atoms with Crippen molar-refractivity contribution in [2.45, 2.75) is 92.5 Å². The number of aliphatic hydroxyl groups excluding tert-OH is 1. The lowest BCUT2D eigenvalue weighted by Crippen LogP contribution is -2.55. The van der Waals surface area contributed by atoms with E-state index in [4.69, 9.17) is 9.47 Å². The van der Waals surface area contributed by atoms with E-state index in [2.05, 4.69) is 6.92 Å². The maximum Gasteiger partial charge on any atom is 0.333 e. The number of hydrogen-bond donors (Lipinski definition) is 1. The van der Waals surface area contributed by atoms with E-state index in [0.717, 1.165) is 5.57 Å². The Hall–Kier alpha value is -2.21. The van der Waals surface area contributed by atoms with Crippen LogP contribution >= 0.6 is 0 Å². The molecular formula is C26H38O6. The van der Waals surface area contributed by atoms with Crippen LogP contribution < -0.4 is 0 Å². The first-order valence-electron chi connectivity index (χ1n) is 11.6. The van der Waals surface area contributed by atoms with Gasteiger partial charge in [0.25, 0.3) is 0 Å². The molecule has 0 spiro atoms. The summed E-state index contributed by atoms with van der Waals surface area (Å²) in [7, 11) is 0. The van der Waals surface area contributed by atoms with Gasteiger partial charge in [-0.1, -0.05) is 32.4 Å². The van der Waals surface area contributed by atoms with Gasteiger partial charge in [0, 0.05) is 11.6 Å². The molecule has 0 aromatic heterocycles. The average Bonchev–Trinajstić information content (AvgIpc) is 2.75. The van der Waals surface area contributed by atoms with Crippen molar-refractivity contribution < 1.29 is 29.0 Å². The molecule has 0 aromatic carbocycles. The van der Waals surface area contributed by atoms with Crippen molar-refractivity contribution >= 4 is 17.7 Å². The zero-order chi connectivity index (χ0) is 24.2. The van der Waals surface area contributed by atoms with E-state index in [1.807, 2.05) is 27.7 Å². The van der Waals surface area contributed by atoms with Crippen molar-refractivity contribution in [2.24, 2.45) is 17.3 Å². The van der Waals surface area contributed by atoms with Gasteiger partial charge in [-0.25, -0.2) is 9.59 Å². The number of allylic oxidation sites excluding steroid dienone is 2. The zero-order valence-corrected chi connectivity index (χ0v) is 20.4. The second-order valence-corrected chi connectivity index (χ2v) is 9.60. The number of fused-ring (bicyclic) bond motifs is 1. The number of ketones is 1. The number of esters is 2. The summed E-state index contributed by atoms with van der Waals surface area (Å²) in [6.45, 7) is 13.2. The molecule has 6 atom stereocenters. The third kappa shape index (κ3) is 5.40. The summed E-state index contributed by atoms with van der Waals surface area (Å²) in [5.74, 6) is -1.20. The Balaban J connectivity index is 2.08. The van der Waals surface area contributed by atoms with Crippen molar-refractivity contribution in [3.63, 3.8) is 0 Å². The second-order valence-electron chi connectivity index (χ2n) is 9.60. The molecule has 32 heavy (non-hydrogen) atoms. The molecule has 0 aliphatic heterocycles. The fourth-order valence-corrected chi connectivity index (χ4v) is 4.89. The second kappa shape index (κ2) is 10.6. The van der Waals surface area contributed by atoms with Gasteiger partial charge in [-0.15, -0.1) is 0 Å². The molecule has 2 rings (SSSR count). The fraction of sp³-hybridized carbons (Fsp3) is 0.654. The van der Waals surface area contributed by atoms with Crippen LogP contribution in [-0.2, 0) is 23.9 Å². The lowest BCUT2D eigenvalue weighted by Gasteiger charge is -2.53. The summed E-state index contributed by atoms with van der Waals surface area (Å²) in [4.78, 5) is 37.1. The molecule has 2 aliphatic rings. The molecule has 0 radical (unpaired) electrons. The van der Waals surface area contributed by atoms with E-state index in [-0.39, 0.29) is 29.1 Å². The lowest BCUT2D eigenvalue weighted by atomic mass is 9.53. The van der Waals surface area contributed by atoms with Gasteiger partial charge >= 0.3 is 11.9 Å². The van der Waals surface area contributed by atoms with E-state index >= 15 is 0 Å². The normalized spacial score (nSPS) is 31.8. The van der Waals surface area contributed by atoms with Crippen molar-refractivity contribution in [3.8, 4) is 0 Å². The molecule has 2 aliphatic carbocycles. The molecule has 6 heteroatoms. The van der Waals surface area contributed by atoms with Crippen LogP contribution in [0.2, 0.25) is 0 Å². The average molecular weight is 447 g/mol. The van der Waals surface area contributed by atoms with Crippen molar-refractivity contribution in [1.82, 2.24) is 0 Å². The van der Waals surface area contributed by atoms with Gasteiger partial charge in [0.15, 0.2) is 5.78 Å². The van der Waals surface area contributed by atoms with Crippen LogP contribution in [0.3, 0.4) is 0 Å². The van der Waals surface area contributed by atoms with E-state index < -0.39 is 24.1 Å². The predicted octanol–water partition coefficient (Wildman–Crippen LogP) is 4.46. The summed E-state index contributed by atoms with van der Waals surface area (Å²) in [5.41, 5.74) is 1.80. The smallest absolute Gasteiger partial charge is 0.333 e. The highest BCUT2D eigenvalue weighted by Gasteiger charge is 2.55. The first-order chi connectivity index (χ1) is 15.0. The Morgan fingerprint density at radius 3 is 2.47 bits per heavy atom. The molecule has 0 bridgehead atoms. The maximum atomic E-state index is 12.6. The molecule has 0 aromatic rings. The molecule has 1 N–H and O–H groups in total. The summed E-state index contributed by atoms with van der Waals surface area (Å²) >= 11 is 0. The van der Waals surface area contributed by atoms with Gasteiger partial charge < -0.3 is 14.6 Å². The fourth-order valence-electron chi connectivity index (χ4n) is 4.89. The number of carbonyl (C=O) groups excluding carboxylic acids is 3. The Morgan fingerprint density at radius 2 is 1.91 bits per heavy atom.